The number of aromatic hydroxyl groups is 1. The van der Waals surface area contributed by atoms with E-state index in [1.165, 1.54) is 58.9 Å². The van der Waals surface area contributed by atoms with Crippen molar-refractivity contribution in [1.82, 2.24) is 52.8 Å². The molecule has 0 fully saturated rings. The summed E-state index contributed by atoms with van der Waals surface area (Å²) < 4.78 is 0. The van der Waals surface area contributed by atoms with Crippen LogP contribution in [-0.4, -0.2) is 159 Å². The zero-order valence-electron chi connectivity index (χ0n) is 58.6. The van der Waals surface area contributed by atoms with Crippen LogP contribution < -0.4 is 59.3 Å². The standard InChI is InChI=1S/C73H102N12O15/c1-43(2)35-51-41-77-55(31-32-60(74)89)62(91)61(90)45(4)78-67(96)58(38-50-40-76-54-26-20-19-25-53(50)54)83-68(97)57(37-49-27-29-52(88)30-28-49)82-65(94)47(6)80-70(99)72(7,39-44(3)87)33-21-14-12-10-9-11-13-15-22-34-73(8,85-66(51)95)71(100)84-59(42-86)69(98)79-46(5)64(93)81-56(63(75)92)36-48-23-17-16-18-24-48/h11,13,16-20,23-30,40,43,45-47,51,55-59,76-77,86,88H,9-10,12,14-15,21-22,31-39,41-42H2,1-8H3,(H2,74,89)(H2,75,92)(H,78,96)(H,79,98)(H,80,99)(H,81,93)(H,82,94)(H,83,97)(H,84,100)(H,85,95)/t45?,46-,47?,51+,55-,56?,57-,58-,59?,72-,73-/m0/s1. The summed E-state index contributed by atoms with van der Waals surface area (Å²) >= 11 is 0. The van der Waals surface area contributed by atoms with Gasteiger partial charge in [0, 0.05) is 55.7 Å². The molecule has 10 amide bonds. The molecule has 0 radical (unpaired) electrons. The highest BCUT2D eigenvalue weighted by atomic mass is 16.3. The summed E-state index contributed by atoms with van der Waals surface area (Å²) in [6.45, 7) is 10.9. The predicted octanol–water partition coefficient (Wildman–Crippen LogP) is 2.80. The molecule has 100 heavy (non-hydrogen) atoms. The summed E-state index contributed by atoms with van der Waals surface area (Å²) in [6.07, 6.45) is 8.95. The number of allylic oxidation sites excluding steroid dienone is 2. The lowest BCUT2D eigenvalue weighted by atomic mass is 9.79. The number of aliphatic hydroxyl groups excluding tert-OH is 1. The van der Waals surface area contributed by atoms with E-state index in [-0.39, 0.29) is 68.9 Å². The first-order valence-electron chi connectivity index (χ1n) is 34.3. The van der Waals surface area contributed by atoms with E-state index in [4.69, 9.17) is 11.5 Å². The number of aliphatic hydroxyl groups is 1. The first-order valence-corrected chi connectivity index (χ1v) is 34.3. The van der Waals surface area contributed by atoms with Crippen molar-refractivity contribution >= 4 is 87.3 Å². The lowest BCUT2D eigenvalue weighted by Crippen LogP contribution is -2.63. The van der Waals surface area contributed by atoms with Crippen LogP contribution in [0, 0.1) is 17.3 Å². The van der Waals surface area contributed by atoms with E-state index < -0.39 is 149 Å². The number of para-hydroxylation sites is 1. The van der Waals surface area contributed by atoms with Gasteiger partial charge >= 0.3 is 0 Å². The van der Waals surface area contributed by atoms with Crippen molar-refractivity contribution in [3.8, 4) is 5.75 Å². The second-order valence-electron chi connectivity index (χ2n) is 27.2. The van der Waals surface area contributed by atoms with Crippen LogP contribution in [0.1, 0.15) is 156 Å². The summed E-state index contributed by atoms with van der Waals surface area (Å²) in [6, 6.07) is 10.4. The Morgan fingerprint density at radius 3 is 1.92 bits per heavy atom. The Hall–Kier alpha value is -9.63. The van der Waals surface area contributed by atoms with Crippen LogP contribution in [0.5, 0.6) is 5.75 Å². The van der Waals surface area contributed by atoms with E-state index in [2.05, 4.69) is 52.8 Å². The number of amides is 10. The third-order valence-corrected chi connectivity index (χ3v) is 17.9. The van der Waals surface area contributed by atoms with Gasteiger partial charge in [-0.15, -0.1) is 0 Å². The van der Waals surface area contributed by atoms with Gasteiger partial charge in [0.1, 0.15) is 53.3 Å². The minimum absolute atomic E-state index is 0.0220. The average Bonchev–Trinajstić information content (AvgIpc) is 1.47. The average molecular weight is 1390 g/mol. The number of aromatic nitrogens is 1. The molecule has 0 bridgehead atoms. The SMILES string of the molecule is CC(=O)C[C@]1(C)CCCCCCC=CCCC[C@@](C)(C(=O)NC(CO)C(=O)N[C@@H](C)C(=O)NC(Cc2ccccc2)C(N)=O)NC(=O)[C@H](CC(C)C)CN[C@@H](CCC(N)=O)C(=O)C(=O)C(C)NC(=O)[C@H](Cc2c[nH]c3ccccc23)NC(=O)[C@H](Cc2ccc(O)cc2)NC(=O)C(C)NC1=O. The van der Waals surface area contributed by atoms with Gasteiger partial charge in [0.2, 0.25) is 70.6 Å². The molecule has 11 atom stereocenters. The minimum Gasteiger partial charge on any atom is -0.508 e. The van der Waals surface area contributed by atoms with Gasteiger partial charge in [0.25, 0.3) is 0 Å². The molecule has 27 nitrogen and oxygen atoms in total. The number of hydrogen-bond donors (Lipinski definition) is 14. The fourth-order valence-electron chi connectivity index (χ4n) is 12.0. The number of phenolic OH excluding ortho intramolecular Hbond substituents is 1. The van der Waals surface area contributed by atoms with Crippen LogP contribution in [0.15, 0.2) is 97.2 Å². The second-order valence-corrected chi connectivity index (χ2v) is 27.2. The number of carbonyl (C=O) groups is 13. The molecule has 5 rings (SSSR count). The number of H-pyrrole nitrogens is 1. The summed E-state index contributed by atoms with van der Waals surface area (Å²) in [7, 11) is 0. The van der Waals surface area contributed by atoms with Crippen LogP contribution in [0.2, 0.25) is 0 Å². The van der Waals surface area contributed by atoms with Crippen LogP contribution in [0.4, 0.5) is 0 Å². The molecular formula is C73H102N12O15. The Kier molecular flexibility index (Phi) is 31.8. The summed E-state index contributed by atoms with van der Waals surface area (Å²) in [5.41, 5.74) is 10.6. The van der Waals surface area contributed by atoms with E-state index in [1.807, 2.05) is 26.0 Å². The first-order chi connectivity index (χ1) is 47.3. The van der Waals surface area contributed by atoms with Gasteiger partial charge in [-0.05, 0) is 127 Å². The van der Waals surface area contributed by atoms with Crippen molar-refractivity contribution in [1.29, 1.82) is 0 Å². The van der Waals surface area contributed by atoms with E-state index in [0.29, 0.717) is 66.1 Å². The third kappa shape index (κ3) is 25.6. The van der Waals surface area contributed by atoms with Crippen LogP contribution in [-0.2, 0) is 81.6 Å². The minimum atomic E-state index is -1.80. The van der Waals surface area contributed by atoms with Gasteiger partial charge in [-0.1, -0.05) is 113 Å². The van der Waals surface area contributed by atoms with Crippen molar-refractivity contribution in [2.45, 2.75) is 212 Å². The van der Waals surface area contributed by atoms with Gasteiger partial charge in [0.05, 0.1) is 30.0 Å². The lowest BCUT2D eigenvalue weighted by molar-refractivity contribution is -0.140. The topological polar surface area (TPSA) is 438 Å². The van der Waals surface area contributed by atoms with E-state index in [9.17, 15) is 72.5 Å². The second kappa shape index (κ2) is 39.2. The van der Waals surface area contributed by atoms with Crippen LogP contribution in [0.25, 0.3) is 10.9 Å². The molecule has 544 valence electrons. The Bertz CT molecular complexity index is 3540. The Balaban J connectivity index is 1.48. The number of hydrogen-bond acceptors (Lipinski definition) is 16. The molecule has 0 saturated carbocycles. The first kappa shape index (κ1) is 81.0. The number of fused-ring (bicyclic) bond motifs is 1. The van der Waals surface area contributed by atoms with Crippen LogP contribution in [0.3, 0.4) is 0 Å². The molecular weight excluding hydrogens is 1280 g/mol. The van der Waals surface area contributed by atoms with E-state index >= 15 is 0 Å². The number of Topliss-reactive ketones (excluding diaryl/α,β-unsaturated/α-hetero) is 3. The van der Waals surface area contributed by atoms with Crippen molar-refractivity contribution in [3.05, 3.63) is 114 Å². The number of ketones is 3. The normalized spacial score (nSPS) is 23.6. The highest BCUT2D eigenvalue weighted by Crippen LogP contribution is 2.31. The Morgan fingerprint density at radius 1 is 0.640 bits per heavy atom. The number of carbonyl (C=O) groups excluding carboxylic acids is 13. The zero-order valence-corrected chi connectivity index (χ0v) is 58.6. The molecule has 1 aliphatic heterocycles. The van der Waals surface area contributed by atoms with Gasteiger partial charge in [0.15, 0.2) is 0 Å². The maximum Gasteiger partial charge on any atom is 0.246 e. The Labute approximate surface area is 583 Å². The summed E-state index contributed by atoms with van der Waals surface area (Å²) in [4.78, 5) is 184. The van der Waals surface area contributed by atoms with Gasteiger partial charge in [-0.25, -0.2) is 0 Å². The fourth-order valence-corrected chi connectivity index (χ4v) is 12.0. The van der Waals surface area contributed by atoms with Crippen molar-refractivity contribution in [2.24, 2.45) is 28.7 Å². The number of benzene rings is 3. The highest BCUT2D eigenvalue weighted by molar-refractivity contribution is 6.41. The van der Waals surface area contributed by atoms with Gasteiger partial charge in [-0.3, -0.25) is 62.3 Å². The van der Waals surface area contributed by atoms with Crippen molar-refractivity contribution in [2.75, 3.05) is 13.2 Å². The van der Waals surface area contributed by atoms with E-state index in [1.54, 1.807) is 67.7 Å². The quantitative estimate of drug-likeness (QED) is 0.0421. The monoisotopic (exact) mass is 1390 g/mol. The maximum atomic E-state index is 14.8. The molecule has 3 aromatic carbocycles. The number of nitrogens with two attached hydrogens (primary N) is 2. The molecule has 0 spiro atoms. The molecule has 0 aliphatic carbocycles. The largest absolute Gasteiger partial charge is 0.508 e. The number of phenols is 1. The van der Waals surface area contributed by atoms with E-state index in [0.717, 1.165) is 12.8 Å². The number of rotatable bonds is 21. The number of primary amides is 2. The summed E-state index contributed by atoms with van der Waals surface area (Å²) in [5.74, 6) is -11.9. The maximum absolute atomic E-state index is 14.8. The van der Waals surface area contributed by atoms with Crippen LogP contribution >= 0.6 is 0 Å². The molecule has 4 aromatic rings. The van der Waals surface area contributed by atoms with Crippen molar-refractivity contribution < 1.29 is 72.5 Å². The molecule has 27 heteroatoms. The predicted molar refractivity (Wildman–Crippen MR) is 375 cm³/mol. The third-order valence-electron chi connectivity index (χ3n) is 17.9. The van der Waals surface area contributed by atoms with Gasteiger partial charge in [-0.2, -0.15) is 0 Å². The molecule has 16 N–H and O–H groups in total. The summed E-state index contributed by atoms with van der Waals surface area (Å²) in [5, 5.41) is 45.6. The number of aromatic amines is 1. The molecule has 4 unspecified atom stereocenters. The zero-order chi connectivity index (χ0) is 73.9. The molecule has 1 aliphatic rings. The highest BCUT2D eigenvalue weighted by Gasteiger charge is 2.41. The molecule has 0 saturated heterocycles. The lowest BCUT2D eigenvalue weighted by Gasteiger charge is -2.33. The number of nitrogens with one attached hydrogen (secondary N) is 10. The fraction of sp³-hybridized carbons (Fsp3) is 0.521. The van der Waals surface area contributed by atoms with Crippen molar-refractivity contribution in [3.63, 3.8) is 0 Å². The Morgan fingerprint density at radius 2 is 1.27 bits per heavy atom. The van der Waals surface area contributed by atoms with Gasteiger partial charge < -0.3 is 74.5 Å². The smallest absolute Gasteiger partial charge is 0.246 e. The molecule has 1 aromatic heterocycles. The molecule has 2 heterocycles.